The van der Waals surface area contributed by atoms with Crippen LogP contribution in [0.4, 0.5) is 0 Å². The second kappa shape index (κ2) is 13.4. The van der Waals surface area contributed by atoms with E-state index in [4.69, 9.17) is 9.97 Å². The van der Waals surface area contributed by atoms with Crippen LogP contribution in [0.2, 0.25) is 0 Å². The average molecular weight is 714 g/mol. The summed E-state index contributed by atoms with van der Waals surface area (Å²) in [6.45, 7) is 11.1. The number of carbonyl (C=O) groups is 2. The molecule has 2 aliphatic heterocycles. The number of aromatic amines is 2. The van der Waals surface area contributed by atoms with E-state index in [1.54, 1.807) is 13.8 Å². The van der Waals surface area contributed by atoms with Crippen LogP contribution in [0.25, 0.3) is 44.4 Å². The summed E-state index contributed by atoms with van der Waals surface area (Å²) in [4.78, 5) is 39.8. The van der Waals surface area contributed by atoms with Crippen molar-refractivity contribution in [2.24, 2.45) is 0 Å². The second-order valence-electron chi connectivity index (χ2n) is 11.7. The van der Waals surface area contributed by atoms with E-state index in [9.17, 15) is 30.0 Å². The number of carboxylic acids is 2. The number of aryl methyl sites for hydroxylation is 2. The second-order valence-corrected chi connectivity index (χ2v) is 11.7. The fraction of sp³-hybridized carbons (Fsp3) is 0.353. The van der Waals surface area contributed by atoms with Gasteiger partial charge in [-0.1, -0.05) is 0 Å². The van der Waals surface area contributed by atoms with Crippen LogP contribution in [0.3, 0.4) is 0 Å². The predicted octanol–water partition coefficient (Wildman–Crippen LogP) is 6.25. The molecule has 0 saturated carbocycles. The molecule has 233 valence electrons. The third kappa shape index (κ3) is 6.66. The van der Waals surface area contributed by atoms with Gasteiger partial charge >= 0.3 is 11.9 Å². The standard InChI is InChI=1S/C34H38N4O6.In/c1-15-21(7-9-31(41)42)27-14-28-22(8-10-32(43)44)16(2)24(36-28)12-29-34(20(6)40)18(4)26(38-29)13-30-33(19(5)39)17(3)25(37-30)11-23(15)35-27;/h11-14,19-20,37-40H,7-10H2,1-6H3,(H,41,42)(H,43,44);. The van der Waals surface area contributed by atoms with Crippen LogP contribution in [-0.2, 0) is 9.59 Å². The fourth-order valence-corrected chi connectivity index (χ4v) is 6.32. The Bertz CT molecular complexity index is 1930. The number of carboxylic acid groups (broad SMARTS) is 2. The number of aliphatic hydroxyl groups is 2. The van der Waals surface area contributed by atoms with E-state index in [1.807, 2.05) is 52.0 Å². The molecule has 5 rings (SSSR count). The zero-order valence-electron chi connectivity index (χ0n) is 26.4. The maximum absolute atomic E-state index is 11.6. The Morgan fingerprint density at radius 1 is 0.644 bits per heavy atom. The van der Waals surface area contributed by atoms with Crippen molar-refractivity contribution in [1.82, 2.24) is 19.9 Å². The largest absolute Gasteiger partial charge is 0.481 e. The average Bonchev–Trinajstić information content (AvgIpc) is 3.59. The van der Waals surface area contributed by atoms with Crippen molar-refractivity contribution in [3.05, 3.63) is 69.3 Å². The fourth-order valence-electron chi connectivity index (χ4n) is 6.32. The number of nitrogens with zero attached hydrogens (tertiary/aromatic N) is 2. The van der Waals surface area contributed by atoms with Crippen LogP contribution >= 0.6 is 0 Å². The summed E-state index contributed by atoms with van der Waals surface area (Å²) in [5.41, 5.74) is 11.7. The summed E-state index contributed by atoms with van der Waals surface area (Å²) in [6.07, 6.45) is -1.18. The van der Waals surface area contributed by atoms with Crippen LogP contribution in [0.1, 0.15) is 111 Å². The smallest absolute Gasteiger partial charge is 0.303 e. The molecule has 3 aromatic rings. The monoisotopic (exact) mass is 713 g/mol. The van der Waals surface area contributed by atoms with Crippen molar-refractivity contribution in [3.8, 4) is 0 Å². The third-order valence-electron chi connectivity index (χ3n) is 8.65. The summed E-state index contributed by atoms with van der Waals surface area (Å²) in [6, 6.07) is 7.51. The van der Waals surface area contributed by atoms with Gasteiger partial charge in [0.1, 0.15) is 0 Å². The molecular formula is C34H38InN4O6. The van der Waals surface area contributed by atoms with E-state index in [-0.39, 0.29) is 51.5 Å². The summed E-state index contributed by atoms with van der Waals surface area (Å²) < 4.78 is 0. The number of nitrogens with one attached hydrogen (secondary N) is 2. The van der Waals surface area contributed by atoms with Crippen LogP contribution < -0.4 is 0 Å². The molecule has 11 heteroatoms. The molecule has 10 nitrogen and oxygen atoms in total. The Morgan fingerprint density at radius 2 is 1.02 bits per heavy atom. The molecule has 6 N–H and O–H groups in total. The maximum Gasteiger partial charge on any atom is 0.303 e. The van der Waals surface area contributed by atoms with Crippen molar-refractivity contribution in [2.45, 2.75) is 79.4 Å². The van der Waals surface area contributed by atoms with Gasteiger partial charge in [0.15, 0.2) is 0 Å². The molecule has 0 aromatic carbocycles. The molecule has 5 heterocycles. The molecular weight excluding hydrogens is 675 g/mol. The van der Waals surface area contributed by atoms with Crippen LogP contribution in [0.5, 0.6) is 0 Å². The van der Waals surface area contributed by atoms with Gasteiger partial charge in [-0.2, -0.15) is 0 Å². The van der Waals surface area contributed by atoms with E-state index in [2.05, 4.69) is 9.97 Å². The van der Waals surface area contributed by atoms with Gasteiger partial charge in [-0.05, 0) is 112 Å². The molecule has 0 amide bonds. The molecule has 0 spiro atoms. The Labute approximate surface area is 279 Å². The summed E-state index contributed by atoms with van der Waals surface area (Å²) in [5.74, 6) is -1.84. The summed E-state index contributed by atoms with van der Waals surface area (Å²) in [7, 11) is 0. The molecule has 3 aromatic heterocycles. The van der Waals surface area contributed by atoms with Gasteiger partial charge in [-0.3, -0.25) is 9.59 Å². The number of hydrogen-bond donors (Lipinski definition) is 6. The molecule has 0 aliphatic carbocycles. The summed E-state index contributed by atoms with van der Waals surface area (Å²) >= 11 is 0. The molecule has 0 fully saturated rings. The normalized spacial score (nSPS) is 14.4. The maximum atomic E-state index is 11.6. The van der Waals surface area contributed by atoms with Crippen molar-refractivity contribution >= 4 is 82.1 Å². The van der Waals surface area contributed by atoms with Crippen LogP contribution in [-0.4, -0.2) is 78.1 Å². The van der Waals surface area contributed by atoms with Crippen molar-refractivity contribution < 1.29 is 30.0 Å². The molecule has 45 heavy (non-hydrogen) atoms. The first kappa shape index (κ1) is 34.2. The number of aromatic nitrogens is 4. The van der Waals surface area contributed by atoms with Gasteiger partial charge in [0.05, 0.1) is 35.0 Å². The van der Waals surface area contributed by atoms with Gasteiger partial charge in [0, 0.05) is 71.9 Å². The topological polar surface area (TPSA) is 172 Å². The van der Waals surface area contributed by atoms with Gasteiger partial charge in [-0.15, -0.1) is 0 Å². The first-order valence-corrected chi connectivity index (χ1v) is 14.7. The van der Waals surface area contributed by atoms with Gasteiger partial charge in [-0.25, -0.2) is 9.97 Å². The van der Waals surface area contributed by atoms with E-state index in [0.717, 1.165) is 50.0 Å². The van der Waals surface area contributed by atoms with Gasteiger partial charge < -0.3 is 30.4 Å². The Kier molecular flexibility index (Phi) is 10.2. The minimum Gasteiger partial charge on any atom is -0.481 e. The number of aliphatic carboxylic acids is 2. The molecule has 2 atom stereocenters. The van der Waals surface area contributed by atoms with Gasteiger partial charge in [0.25, 0.3) is 0 Å². The van der Waals surface area contributed by atoms with Crippen molar-refractivity contribution in [1.29, 1.82) is 0 Å². The molecule has 2 aliphatic rings. The first-order valence-electron chi connectivity index (χ1n) is 14.7. The number of hydrogen-bond acceptors (Lipinski definition) is 6. The molecule has 2 unspecified atom stereocenters. The zero-order chi connectivity index (χ0) is 32.0. The zero-order valence-corrected chi connectivity index (χ0v) is 29.7. The molecule has 0 saturated heterocycles. The first-order chi connectivity index (χ1) is 20.8. The summed E-state index contributed by atoms with van der Waals surface area (Å²) in [5, 5.41) is 40.5. The minimum absolute atomic E-state index is 0. The molecule has 3 radical (unpaired) electrons. The number of allylic oxidation sites excluding steroid dienone is 4. The van der Waals surface area contributed by atoms with Crippen molar-refractivity contribution in [2.75, 3.05) is 0 Å². The van der Waals surface area contributed by atoms with E-state index in [1.165, 1.54) is 0 Å². The van der Waals surface area contributed by atoms with Gasteiger partial charge in [0.2, 0.25) is 0 Å². The van der Waals surface area contributed by atoms with Crippen molar-refractivity contribution in [3.63, 3.8) is 0 Å². The third-order valence-corrected chi connectivity index (χ3v) is 8.65. The Balaban J connectivity index is 0.00000461. The van der Waals surface area contributed by atoms with E-state index in [0.29, 0.717) is 39.4 Å². The number of H-pyrrole nitrogens is 2. The Morgan fingerprint density at radius 3 is 1.42 bits per heavy atom. The van der Waals surface area contributed by atoms with E-state index >= 15 is 0 Å². The molecule has 8 bridgehead atoms. The quantitative estimate of drug-likeness (QED) is 0.159. The number of aliphatic hydroxyl groups excluding tert-OH is 2. The van der Waals surface area contributed by atoms with Crippen LogP contribution in [0, 0.1) is 13.8 Å². The predicted molar refractivity (Wildman–Crippen MR) is 176 cm³/mol. The number of rotatable bonds is 8. The number of fused-ring (bicyclic) bond motifs is 8. The van der Waals surface area contributed by atoms with E-state index < -0.39 is 24.1 Å². The minimum atomic E-state index is -0.921. The Hall–Kier alpha value is -3.67. The van der Waals surface area contributed by atoms with Crippen LogP contribution in [0.15, 0.2) is 24.3 Å². The SMILES string of the molecule is CC1=C(CCC(=O)O)c2cc3nc(cc4[nH]c(cc5[nH]c(cc1n2)c(C)c5C(C)O)c(C)c4C(C)O)C(C)=C3CCC(=O)O.[In].